The molecular weight excluding hydrogens is 329 g/mol. The van der Waals surface area contributed by atoms with Crippen molar-refractivity contribution in [3.8, 4) is 6.07 Å². The van der Waals surface area contributed by atoms with Crippen molar-refractivity contribution in [1.29, 1.82) is 5.26 Å². The van der Waals surface area contributed by atoms with Gasteiger partial charge in [0.1, 0.15) is 22.8 Å². The zero-order chi connectivity index (χ0) is 17.5. The summed E-state index contributed by atoms with van der Waals surface area (Å²) < 4.78 is 38.9. The summed E-state index contributed by atoms with van der Waals surface area (Å²) in [6.07, 6.45) is 0.400. The van der Waals surface area contributed by atoms with Crippen molar-refractivity contribution in [3.63, 3.8) is 0 Å². The van der Waals surface area contributed by atoms with E-state index in [4.69, 9.17) is 0 Å². The number of aldehydes is 1. The third kappa shape index (κ3) is 2.33. The van der Waals surface area contributed by atoms with E-state index in [9.17, 15) is 22.9 Å². The molecule has 4 nitrogen and oxygen atoms in total. The highest BCUT2D eigenvalue weighted by Gasteiger charge is 2.72. The molecule has 1 aliphatic rings. The second-order valence-corrected chi connectivity index (χ2v) is 8.04. The summed E-state index contributed by atoms with van der Waals surface area (Å²) in [7, 11) is -3.87. The number of nitrogens with zero attached hydrogens (tertiary/aromatic N) is 1. The van der Waals surface area contributed by atoms with Crippen LogP contribution >= 0.6 is 0 Å². The summed E-state index contributed by atoms with van der Waals surface area (Å²) in [5.74, 6) is -1.27. The van der Waals surface area contributed by atoms with Crippen molar-refractivity contribution in [2.75, 3.05) is 0 Å². The molecular formula is C18H14FNO3S. The molecule has 3 atom stereocenters. The lowest BCUT2D eigenvalue weighted by Gasteiger charge is -2.05. The Morgan fingerprint density at radius 2 is 1.71 bits per heavy atom. The first-order chi connectivity index (χ1) is 11.4. The van der Waals surface area contributed by atoms with Gasteiger partial charge in [0, 0.05) is 5.92 Å². The van der Waals surface area contributed by atoms with Crippen molar-refractivity contribution in [3.05, 3.63) is 65.5 Å². The predicted octanol–water partition coefficient (Wildman–Crippen LogP) is 2.78. The first-order valence-corrected chi connectivity index (χ1v) is 8.85. The number of halogens is 1. The van der Waals surface area contributed by atoms with E-state index in [-0.39, 0.29) is 4.90 Å². The second-order valence-electron chi connectivity index (χ2n) is 5.97. The lowest BCUT2D eigenvalue weighted by atomic mass is 10.0. The Morgan fingerprint density at radius 1 is 1.12 bits per heavy atom. The van der Waals surface area contributed by atoms with E-state index >= 15 is 0 Å². The topological polar surface area (TPSA) is 75.0 Å². The fraction of sp³-hybridized carbons (Fsp3) is 0.222. The molecule has 2 aromatic rings. The highest BCUT2D eigenvalue weighted by molar-refractivity contribution is 7.92. The first-order valence-electron chi connectivity index (χ1n) is 7.30. The van der Waals surface area contributed by atoms with Crippen molar-refractivity contribution in [1.82, 2.24) is 0 Å². The van der Waals surface area contributed by atoms with Crippen LogP contribution in [0.25, 0.3) is 0 Å². The van der Waals surface area contributed by atoms with Crippen LogP contribution in [0.1, 0.15) is 17.0 Å². The molecule has 0 radical (unpaired) electrons. The van der Waals surface area contributed by atoms with Crippen LogP contribution in [0.15, 0.2) is 53.4 Å². The van der Waals surface area contributed by atoms with E-state index in [1.807, 2.05) is 13.0 Å². The number of hydrogen-bond donors (Lipinski definition) is 0. The Balaban J connectivity index is 2.08. The third-order valence-corrected chi connectivity index (χ3v) is 6.74. The van der Waals surface area contributed by atoms with Crippen LogP contribution < -0.4 is 0 Å². The zero-order valence-electron chi connectivity index (χ0n) is 12.8. The van der Waals surface area contributed by atoms with Gasteiger partial charge in [-0.15, -0.1) is 0 Å². The smallest absolute Gasteiger partial charge is 0.183 e. The molecule has 122 valence electrons. The molecule has 0 unspecified atom stereocenters. The Bertz CT molecular complexity index is 930. The standard InChI is InChI=1S/C18H14FNO3S/c1-12-2-8-15(9-3-12)24(22,23)17-16(18(17,10-20)11-21)13-4-6-14(19)7-5-13/h2-9,11,16-17H,1H3/t16-,17+,18-/m0/s1. The zero-order valence-corrected chi connectivity index (χ0v) is 13.6. The molecule has 1 saturated carbocycles. The van der Waals surface area contributed by atoms with Gasteiger partial charge in [0.25, 0.3) is 0 Å². The number of rotatable bonds is 4. The molecule has 0 spiro atoms. The van der Waals surface area contributed by atoms with Crippen molar-refractivity contribution >= 4 is 16.1 Å². The van der Waals surface area contributed by atoms with Gasteiger partial charge >= 0.3 is 0 Å². The summed E-state index contributed by atoms with van der Waals surface area (Å²) >= 11 is 0. The van der Waals surface area contributed by atoms with Gasteiger partial charge in [0.2, 0.25) is 0 Å². The maximum atomic E-state index is 13.1. The van der Waals surface area contributed by atoms with Gasteiger partial charge in [0.05, 0.1) is 11.0 Å². The van der Waals surface area contributed by atoms with Gasteiger partial charge in [-0.3, -0.25) is 0 Å². The van der Waals surface area contributed by atoms with Crippen LogP contribution in [-0.4, -0.2) is 20.0 Å². The maximum absolute atomic E-state index is 13.1. The van der Waals surface area contributed by atoms with E-state index in [1.165, 1.54) is 36.4 Å². The van der Waals surface area contributed by atoms with Gasteiger partial charge in [-0.05, 0) is 36.8 Å². The summed E-state index contributed by atoms with van der Waals surface area (Å²) in [5, 5.41) is 8.28. The Hall–Kier alpha value is -2.52. The van der Waals surface area contributed by atoms with Gasteiger partial charge in [-0.25, -0.2) is 12.8 Å². The van der Waals surface area contributed by atoms with E-state index in [0.29, 0.717) is 11.8 Å². The minimum absolute atomic E-state index is 0.0733. The average molecular weight is 343 g/mol. The van der Waals surface area contributed by atoms with Gasteiger partial charge in [-0.1, -0.05) is 29.8 Å². The summed E-state index contributed by atoms with van der Waals surface area (Å²) in [4.78, 5) is 11.6. The summed E-state index contributed by atoms with van der Waals surface area (Å²) in [6.45, 7) is 1.83. The molecule has 3 rings (SSSR count). The quantitative estimate of drug-likeness (QED) is 0.800. The van der Waals surface area contributed by atoms with Crippen molar-refractivity contribution in [2.45, 2.75) is 23.0 Å². The van der Waals surface area contributed by atoms with E-state index in [1.54, 1.807) is 12.1 Å². The molecule has 0 heterocycles. The van der Waals surface area contributed by atoms with Gasteiger partial charge < -0.3 is 4.79 Å². The molecule has 0 amide bonds. The molecule has 0 aromatic heterocycles. The highest BCUT2D eigenvalue weighted by Crippen LogP contribution is 2.62. The molecule has 0 saturated heterocycles. The number of carbonyl (C=O) groups excluding carboxylic acids is 1. The van der Waals surface area contributed by atoms with Gasteiger partial charge in [-0.2, -0.15) is 5.26 Å². The van der Waals surface area contributed by atoms with Crippen LogP contribution in [-0.2, 0) is 14.6 Å². The third-order valence-electron chi connectivity index (χ3n) is 4.48. The maximum Gasteiger partial charge on any atom is 0.183 e. The van der Waals surface area contributed by atoms with E-state index < -0.39 is 32.2 Å². The van der Waals surface area contributed by atoms with Gasteiger partial charge in [0.15, 0.2) is 9.84 Å². The van der Waals surface area contributed by atoms with Crippen LogP contribution in [0.3, 0.4) is 0 Å². The molecule has 24 heavy (non-hydrogen) atoms. The number of aryl methyl sites for hydroxylation is 1. The number of nitriles is 1. The van der Waals surface area contributed by atoms with E-state index in [0.717, 1.165) is 5.56 Å². The van der Waals surface area contributed by atoms with Crippen molar-refractivity contribution < 1.29 is 17.6 Å². The lowest BCUT2D eigenvalue weighted by molar-refractivity contribution is -0.110. The molecule has 1 aliphatic carbocycles. The molecule has 0 aliphatic heterocycles. The van der Waals surface area contributed by atoms with Crippen LogP contribution in [0.2, 0.25) is 0 Å². The SMILES string of the molecule is Cc1ccc(S(=O)(=O)[C@@H]2[C@H](c3ccc(F)cc3)[C@]2(C#N)C=O)cc1. The number of carbonyl (C=O) groups is 1. The number of sulfone groups is 1. The lowest BCUT2D eigenvalue weighted by Crippen LogP contribution is -2.16. The minimum atomic E-state index is -3.87. The van der Waals surface area contributed by atoms with Crippen LogP contribution in [0, 0.1) is 29.5 Å². The van der Waals surface area contributed by atoms with E-state index in [2.05, 4.69) is 0 Å². The summed E-state index contributed by atoms with van der Waals surface area (Å²) in [6, 6.07) is 13.3. The number of hydrogen-bond acceptors (Lipinski definition) is 4. The predicted molar refractivity (Wildman–Crippen MR) is 85.4 cm³/mol. The van der Waals surface area contributed by atoms with Crippen LogP contribution in [0.4, 0.5) is 4.39 Å². The molecule has 1 fully saturated rings. The fourth-order valence-electron chi connectivity index (χ4n) is 3.11. The molecule has 6 heteroatoms. The number of benzene rings is 2. The first kappa shape index (κ1) is 16.3. The molecule has 0 N–H and O–H groups in total. The summed E-state index contributed by atoms with van der Waals surface area (Å²) in [5.41, 5.74) is -0.269. The monoisotopic (exact) mass is 343 g/mol. The van der Waals surface area contributed by atoms with Crippen LogP contribution in [0.5, 0.6) is 0 Å². The van der Waals surface area contributed by atoms with Crippen molar-refractivity contribution in [2.24, 2.45) is 5.41 Å². The Labute approximate surface area is 139 Å². The molecule has 0 bridgehead atoms. The second kappa shape index (κ2) is 5.53. The Kier molecular flexibility index (Phi) is 3.77. The normalized spacial score (nSPS) is 25.7. The average Bonchev–Trinajstić information content (AvgIpc) is 3.26. The largest absolute Gasteiger partial charge is 0.302 e. The highest BCUT2D eigenvalue weighted by atomic mass is 32.2. The Morgan fingerprint density at radius 3 is 2.21 bits per heavy atom. The minimum Gasteiger partial charge on any atom is -0.302 e. The molecule has 2 aromatic carbocycles. The fourth-order valence-corrected chi connectivity index (χ4v) is 5.34.